The average Bonchev–Trinajstić information content (AvgIpc) is 3.98. The molecule has 0 saturated heterocycles. The van der Waals surface area contributed by atoms with Crippen molar-refractivity contribution in [2.24, 2.45) is 13.0 Å². The zero-order chi connectivity index (χ0) is 34.9. The number of hydrogen-bond donors (Lipinski definition) is 0. The number of fused-ring (bicyclic) bond motifs is 1. The van der Waals surface area contributed by atoms with Crippen LogP contribution in [0, 0.1) is 12.8 Å². The van der Waals surface area contributed by atoms with Crippen molar-refractivity contribution in [3.63, 3.8) is 0 Å². The number of anilines is 1. The first-order valence-electron chi connectivity index (χ1n) is 17.3. The van der Waals surface area contributed by atoms with Gasteiger partial charge in [-0.2, -0.15) is 0 Å². The van der Waals surface area contributed by atoms with Crippen LogP contribution in [0.15, 0.2) is 100 Å². The fourth-order valence-electron chi connectivity index (χ4n) is 6.80. The van der Waals surface area contributed by atoms with Crippen LogP contribution < -0.4 is 16.0 Å². The lowest BCUT2D eigenvalue weighted by Gasteiger charge is -2.16. The molecule has 50 heavy (non-hydrogen) atoms. The van der Waals surface area contributed by atoms with Crippen molar-refractivity contribution in [2.75, 3.05) is 32.2 Å². The first-order valence-corrected chi connectivity index (χ1v) is 17.3. The quantitative estimate of drug-likeness (QED) is 0.121. The van der Waals surface area contributed by atoms with Gasteiger partial charge in [0, 0.05) is 68.4 Å². The average molecular weight is 667 g/mol. The summed E-state index contributed by atoms with van der Waals surface area (Å²) in [5.74, 6) is 0.366. The van der Waals surface area contributed by atoms with Crippen LogP contribution in [0.4, 0.5) is 5.69 Å². The molecule has 8 nitrogen and oxygen atoms in total. The number of hydrogen-bond acceptors (Lipinski definition) is 6. The van der Waals surface area contributed by atoms with Crippen LogP contribution in [0.25, 0.3) is 39.2 Å². The van der Waals surface area contributed by atoms with Gasteiger partial charge in [0.2, 0.25) is 0 Å². The molecule has 3 aromatic heterocycles. The van der Waals surface area contributed by atoms with E-state index in [2.05, 4.69) is 6.08 Å². The molecule has 254 valence electrons. The molecule has 0 unspecified atom stereocenters. The summed E-state index contributed by atoms with van der Waals surface area (Å²) < 4.78 is 8.83. The third-order valence-corrected chi connectivity index (χ3v) is 9.85. The Kier molecular flexibility index (Phi) is 9.21. The lowest BCUT2D eigenvalue weighted by Crippen LogP contribution is -2.20. The van der Waals surface area contributed by atoms with Crippen LogP contribution in [0.1, 0.15) is 59.3 Å². The van der Waals surface area contributed by atoms with E-state index in [-0.39, 0.29) is 16.9 Å². The van der Waals surface area contributed by atoms with Crippen LogP contribution in [-0.2, 0) is 11.8 Å². The van der Waals surface area contributed by atoms with Gasteiger partial charge in [-0.15, -0.1) is 0 Å². The van der Waals surface area contributed by atoms with E-state index >= 15 is 0 Å². The fraction of sp³-hybridized carbons (Fsp3) is 0.286. The molecule has 0 spiro atoms. The van der Waals surface area contributed by atoms with Gasteiger partial charge in [-0.3, -0.25) is 23.9 Å². The Hall–Kier alpha value is -5.34. The topological polar surface area (TPSA) is 86.4 Å². The van der Waals surface area contributed by atoms with Gasteiger partial charge in [0.15, 0.2) is 5.78 Å². The maximum Gasteiger partial charge on any atom is 0.262 e. The number of aryl methyl sites for hydroxylation is 1. The minimum Gasteiger partial charge on any atom is -0.381 e. The summed E-state index contributed by atoms with van der Waals surface area (Å²) in [7, 11) is 5.73. The van der Waals surface area contributed by atoms with Gasteiger partial charge in [0.05, 0.1) is 24.6 Å². The molecule has 1 aliphatic heterocycles. The number of allylic oxidation sites excluding steroid dienone is 1. The van der Waals surface area contributed by atoms with Crippen molar-refractivity contribution in [2.45, 2.75) is 39.0 Å². The van der Waals surface area contributed by atoms with Crippen LogP contribution in [0.2, 0.25) is 0 Å². The van der Waals surface area contributed by atoms with E-state index in [4.69, 9.17) is 9.72 Å². The van der Waals surface area contributed by atoms with E-state index in [9.17, 15) is 14.4 Å². The predicted molar refractivity (Wildman–Crippen MR) is 201 cm³/mol. The van der Waals surface area contributed by atoms with E-state index in [1.165, 1.54) is 0 Å². The summed E-state index contributed by atoms with van der Waals surface area (Å²) in [5.41, 5.74) is 8.46. The fourth-order valence-corrected chi connectivity index (χ4v) is 6.80. The molecule has 0 bridgehead atoms. The second-order valence-electron chi connectivity index (χ2n) is 13.6. The molecule has 0 radical (unpaired) electrons. The number of pyridine rings is 3. The molecule has 1 aliphatic carbocycles. The Morgan fingerprint density at radius 2 is 1.86 bits per heavy atom. The summed E-state index contributed by atoms with van der Waals surface area (Å²) in [6, 6.07) is 19.5. The predicted octanol–water partition coefficient (Wildman–Crippen LogP) is 7.39. The Labute approximate surface area is 292 Å². The number of benzene rings is 2. The van der Waals surface area contributed by atoms with Gasteiger partial charge in [-0.1, -0.05) is 23.8 Å². The monoisotopic (exact) mass is 666 g/mol. The summed E-state index contributed by atoms with van der Waals surface area (Å²) in [6.45, 7) is 3.37. The molecular formula is C42H42N4O4. The molecule has 2 aromatic carbocycles. The maximum atomic E-state index is 13.7. The molecule has 8 heteroatoms. The van der Waals surface area contributed by atoms with Gasteiger partial charge in [-0.25, -0.2) is 0 Å². The van der Waals surface area contributed by atoms with Crippen molar-refractivity contribution in [1.82, 2.24) is 14.1 Å². The molecule has 4 heterocycles. The summed E-state index contributed by atoms with van der Waals surface area (Å²) in [4.78, 5) is 47.0. The summed E-state index contributed by atoms with van der Waals surface area (Å²) in [6.07, 6.45) is 13.5. The smallest absolute Gasteiger partial charge is 0.262 e. The normalized spacial score (nSPS) is 15.1. The standard InChI is InChI=1S/C42H42N4O4/c1-27-35(8-5-9-39(27)46-18-16-30-23-34(44(2)3)13-14-36(30)42(46)49)33-22-32(41(48)45(4)26-33)24-37(29-10-11-29)38-15-12-31(25-43-38)40(47)21-28-7-6-19-50-20-17-28/h5,7-9,12-16,18,22-26,29H,6,10-11,17,19-21H2,1-4H3/b37-24-. The Morgan fingerprint density at radius 1 is 1.02 bits per heavy atom. The molecule has 7 rings (SSSR count). The molecule has 1 saturated carbocycles. The molecule has 1 fully saturated rings. The highest BCUT2D eigenvalue weighted by Gasteiger charge is 2.28. The van der Waals surface area contributed by atoms with Gasteiger partial charge in [0.25, 0.3) is 11.1 Å². The number of rotatable bonds is 9. The molecule has 0 N–H and O–H groups in total. The zero-order valence-electron chi connectivity index (χ0n) is 29.1. The van der Waals surface area contributed by atoms with Crippen LogP contribution in [0.5, 0.6) is 0 Å². The van der Waals surface area contributed by atoms with E-state index in [0.29, 0.717) is 42.1 Å². The summed E-state index contributed by atoms with van der Waals surface area (Å²) >= 11 is 0. The molecule has 2 aliphatic rings. The van der Waals surface area contributed by atoms with Crippen molar-refractivity contribution >= 4 is 33.9 Å². The Balaban J connectivity index is 1.21. The first kappa shape index (κ1) is 33.2. The van der Waals surface area contributed by atoms with Gasteiger partial charge in [-0.05, 0) is 121 Å². The molecule has 0 atom stereocenters. The van der Waals surface area contributed by atoms with E-state index in [1.807, 2.05) is 105 Å². The highest BCUT2D eigenvalue weighted by molar-refractivity contribution is 5.97. The minimum atomic E-state index is -0.101. The number of ether oxygens (including phenoxy) is 1. The number of nitrogens with zero attached hydrogens (tertiary/aromatic N) is 4. The number of carbonyl (C=O) groups excluding carboxylic acids is 1. The molecular weight excluding hydrogens is 624 g/mol. The SMILES string of the molecule is Cc1c(-c2cc(/C=C(\c3ccc(C(=O)CC4=CCCOCC4)cn3)C3CC3)c(=O)n(C)c2)cccc1-n1ccc2cc(N(C)C)ccc2c1=O. The first-order chi connectivity index (χ1) is 24.2. The van der Waals surface area contributed by atoms with Crippen molar-refractivity contribution in [3.8, 4) is 16.8 Å². The van der Waals surface area contributed by atoms with Gasteiger partial charge < -0.3 is 14.2 Å². The van der Waals surface area contributed by atoms with Crippen molar-refractivity contribution in [1.29, 1.82) is 0 Å². The Morgan fingerprint density at radius 3 is 2.62 bits per heavy atom. The number of Topliss-reactive ketones (excluding diaryl/α,β-unsaturated/α-hetero) is 1. The number of carbonyl (C=O) groups is 1. The summed E-state index contributed by atoms with van der Waals surface area (Å²) in [5, 5.41) is 1.55. The third kappa shape index (κ3) is 6.76. The maximum absolute atomic E-state index is 13.7. The van der Waals surface area contributed by atoms with E-state index in [1.54, 1.807) is 22.4 Å². The lowest BCUT2D eigenvalue weighted by atomic mass is 9.97. The minimum absolute atomic E-state index is 0.0535. The highest BCUT2D eigenvalue weighted by atomic mass is 16.5. The second kappa shape index (κ2) is 13.9. The number of ketones is 1. The van der Waals surface area contributed by atoms with E-state index < -0.39 is 0 Å². The van der Waals surface area contributed by atoms with Crippen LogP contribution in [0.3, 0.4) is 0 Å². The van der Waals surface area contributed by atoms with Crippen molar-refractivity contribution < 1.29 is 9.53 Å². The second-order valence-corrected chi connectivity index (χ2v) is 13.6. The zero-order valence-corrected chi connectivity index (χ0v) is 29.1. The van der Waals surface area contributed by atoms with E-state index in [0.717, 1.165) is 76.0 Å². The highest BCUT2D eigenvalue weighted by Crippen LogP contribution is 2.42. The van der Waals surface area contributed by atoms with Crippen LogP contribution >= 0.6 is 0 Å². The molecule has 0 amide bonds. The number of aromatic nitrogens is 3. The molecule has 5 aromatic rings. The third-order valence-electron chi connectivity index (χ3n) is 9.85. The van der Waals surface area contributed by atoms with Gasteiger partial charge >= 0.3 is 0 Å². The lowest BCUT2D eigenvalue weighted by molar-refractivity contribution is 0.0990. The van der Waals surface area contributed by atoms with Gasteiger partial charge in [0.1, 0.15) is 0 Å². The Bertz CT molecular complexity index is 2290. The van der Waals surface area contributed by atoms with Crippen molar-refractivity contribution in [3.05, 3.63) is 134 Å². The largest absolute Gasteiger partial charge is 0.381 e. The van der Waals surface area contributed by atoms with Crippen LogP contribution in [-0.4, -0.2) is 47.2 Å².